The zero-order chi connectivity index (χ0) is 11.5. The van der Waals surface area contributed by atoms with Gasteiger partial charge in [0.05, 0.1) is 5.69 Å². The summed E-state index contributed by atoms with van der Waals surface area (Å²) in [6.07, 6.45) is 1.28. The fourth-order valence-electron chi connectivity index (χ4n) is 1.17. The lowest BCUT2D eigenvalue weighted by molar-refractivity contribution is 0.780. The molecule has 0 aliphatic carbocycles. The molecule has 0 radical (unpaired) electrons. The molecule has 1 heterocycles. The number of hydrogen-bond acceptors (Lipinski definition) is 4. The molecule has 1 aromatic carbocycles. The average molecular weight is 277 g/mol. The molecule has 2 rings (SSSR count). The second kappa shape index (κ2) is 4.24. The van der Waals surface area contributed by atoms with Crippen molar-refractivity contribution >= 4 is 15.9 Å². The molecule has 0 atom stereocenters. The summed E-state index contributed by atoms with van der Waals surface area (Å²) in [5, 5.41) is 12.6. The molecule has 0 amide bonds. The van der Waals surface area contributed by atoms with Gasteiger partial charge in [0.2, 0.25) is 5.69 Å². The predicted molar refractivity (Wildman–Crippen MR) is 60.0 cm³/mol. The summed E-state index contributed by atoms with van der Waals surface area (Å²) in [4.78, 5) is 14.7. The van der Waals surface area contributed by atoms with E-state index in [-0.39, 0.29) is 5.69 Å². The molecule has 1 aromatic heterocycles. The highest BCUT2D eigenvalue weighted by molar-refractivity contribution is 9.10. The molecular weight excluding hydrogens is 272 g/mol. The molecule has 0 bridgehead atoms. The lowest BCUT2D eigenvalue weighted by atomic mass is 10.3. The lowest BCUT2D eigenvalue weighted by Crippen LogP contribution is -2.17. The fourth-order valence-corrected chi connectivity index (χ4v) is 1.63. The second-order valence-electron chi connectivity index (χ2n) is 2.91. The van der Waals surface area contributed by atoms with Gasteiger partial charge in [-0.15, -0.1) is 5.10 Å². The highest BCUT2D eigenvalue weighted by atomic mass is 79.9. The Bertz CT molecular complexity index is 629. The minimum atomic E-state index is -0.620. The van der Waals surface area contributed by atoms with Crippen molar-refractivity contribution in [2.45, 2.75) is 0 Å². The number of hydrogen-bond donors (Lipinski definition) is 0. The molecule has 0 unspecified atom stereocenters. The van der Waals surface area contributed by atoms with Gasteiger partial charge in [-0.3, -0.25) is 4.79 Å². The number of benzene rings is 1. The van der Waals surface area contributed by atoms with Gasteiger partial charge in [0.25, 0.3) is 0 Å². The topological polar surface area (TPSA) is 71.6 Å². The van der Waals surface area contributed by atoms with Crippen LogP contribution in [0.5, 0.6) is 0 Å². The predicted octanol–water partition coefficient (Wildman–Crippen LogP) is 1.26. The van der Waals surface area contributed by atoms with E-state index in [0.29, 0.717) is 5.69 Å². The van der Waals surface area contributed by atoms with Gasteiger partial charge in [0.15, 0.2) is 0 Å². The number of aromatic nitrogens is 3. The summed E-state index contributed by atoms with van der Waals surface area (Å²) in [6, 6.07) is 9.01. The van der Waals surface area contributed by atoms with E-state index < -0.39 is 5.56 Å². The molecule has 6 heteroatoms. The van der Waals surface area contributed by atoms with E-state index in [9.17, 15) is 4.79 Å². The zero-order valence-electron chi connectivity index (χ0n) is 7.96. The maximum absolute atomic E-state index is 11.1. The highest BCUT2D eigenvalue weighted by Crippen LogP contribution is 2.18. The third kappa shape index (κ3) is 1.85. The standard InChI is InChI=1S/C10H5BrN4O/c11-7-3-1-2-4-9(7)15-6-13-10(16)8(5-12)14-15/h1-4,6H. The first kappa shape index (κ1) is 10.5. The summed E-state index contributed by atoms with van der Waals surface area (Å²) in [6.45, 7) is 0. The lowest BCUT2D eigenvalue weighted by Gasteiger charge is -2.05. The fraction of sp³-hybridized carbons (Fsp3) is 0. The van der Waals surface area contributed by atoms with Crippen molar-refractivity contribution < 1.29 is 0 Å². The molecular formula is C10H5BrN4O. The Balaban J connectivity index is 2.63. The van der Waals surface area contributed by atoms with E-state index in [1.54, 1.807) is 12.1 Å². The number of nitrogens with zero attached hydrogens (tertiary/aromatic N) is 4. The van der Waals surface area contributed by atoms with Crippen molar-refractivity contribution in [1.82, 2.24) is 14.8 Å². The van der Waals surface area contributed by atoms with E-state index >= 15 is 0 Å². The second-order valence-corrected chi connectivity index (χ2v) is 3.76. The van der Waals surface area contributed by atoms with Crippen LogP contribution in [0.2, 0.25) is 0 Å². The Hall–Kier alpha value is -2.00. The molecule has 0 aliphatic rings. The molecule has 78 valence electrons. The van der Waals surface area contributed by atoms with E-state index in [1.165, 1.54) is 11.0 Å². The Labute approximate surface area is 99.1 Å². The molecule has 16 heavy (non-hydrogen) atoms. The van der Waals surface area contributed by atoms with Gasteiger partial charge in [-0.2, -0.15) is 10.2 Å². The quantitative estimate of drug-likeness (QED) is 0.786. The van der Waals surface area contributed by atoms with Gasteiger partial charge >= 0.3 is 5.56 Å². The maximum atomic E-state index is 11.1. The largest absolute Gasteiger partial charge is 0.309 e. The molecule has 0 aliphatic heterocycles. The Kier molecular flexibility index (Phi) is 2.79. The number of nitriles is 1. The van der Waals surface area contributed by atoms with Crippen molar-refractivity contribution in [1.29, 1.82) is 5.26 Å². The van der Waals surface area contributed by atoms with Crippen LogP contribution in [0.1, 0.15) is 5.69 Å². The van der Waals surface area contributed by atoms with Crippen LogP contribution in [0.4, 0.5) is 0 Å². The molecule has 0 saturated heterocycles. The molecule has 0 saturated carbocycles. The van der Waals surface area contributed by atoms with Gasteiger partial charge in [-0.25, -0.2) is 4.68 Å². The van der Waals surface area contributed by atoms with Crippen LogP contribution in [0.3, 0.4) is 0 Å². The van der Waals surface area contributed by atoms with E-state index in [1.807, 2.05) is 18.2 Å². The van der Waals surface area contributed by atoms with Crippen molar-refractivity contribution in [3.05, 3.63) is 51.1 Å². The minimum Gasteiger partial charge on any atom is -0.264 e. The Morgan fingerprint density at radius 1 is 1.38 bits per heavy atom. The minimum absolute atomic E-state index is 0.224. The Morgan fingerprint density at radius 2 is 2.12 bits per heavy atom. The SMILES string of the molecule is N#Cc1nn(-c2ccccc2Br)cnc1=O. The van der Waals surface area contributed by atoms with Crippen molar-refractivity contribution in [3.8, 4) is 11.8 Å². The monoisotopic (exact) mass is 276 g/mol. The molecule has 2 aromatic rings. The van der Waals surface area contributed by atoms with Crippen molar-refractivity contribution in [2.24, 2.45) is 0 Å². The van der Waals surface area contributed by atoms with E-state index in [2.05, 4.69) is 26.0 Å². The summed E-state index contributed by atoms with van der Waals surface area (Å²) in [7, 11) is 0. The van der Waals surface area contributed by atoms with Crippen molar-refractivity contribution in [2.75, 3.05) is 0 Å². The van der Waals surface area contributed by atoms with Crippen LogP contribution in [-0.2, 0) is 0 Å². The average Bonchev–Trinajstić information content (AvgIpc) is 2.31. The van der Waals surface area contributed by atoms with Crippen LogP contribution in [-0.4, -0.2) is 14.8 Å². The molecule has 0 spiro atoms. The summed E-state index contributed by atoms with van der Waals surface area (Å²) in [5.41, 5.74) is -0.129. The van der Waals surface area contributed by atoms with Crippen LogP contribution in [0, 0.1) is 11.3 Å². The molecule has 0 N–H and O–H groups in total. The smallest absolute Gasteiger partial charge is 0.264 e. The number of halogens is 1. The van der Waals surface area contributed by atoms with Gasteiger partial charge in [0, 0.05) is 4.47 Å². The van der Waals surface area contributed by atoms with E-state index in [0.717, 1.165) is 4.47 Å². The number of rotatable bonds is 1. The normalized spacial score (nSPS) is 9.75. The van der Waals surface area contributed by atoms with Gasteiger partial charge in [0.1, 0.15) is 12.4 Å². The van der Waals surface area contributed by atoms with Crippen LogP contribution in [0.25, 0.3) is 5.69 Å². The maximum Gasteiger partial charge on any atom is 0.309 e. The number of para-hydroxylation sites is 1. The first-order chi connectivity index (χ1) is 7.72. The highest BCUT2D eigenvalue weighted by Gasteiger charge is 2.05. The summed E-state index contributed by atoms with van der Waals surface area (Å²) < 4.78 is 2.18. The first-order valence-corrected chi connectivity index (χ1v) is 5.12. The summed E-state index contributed by atoms with van der Waals surface area (Å²) >= 11 is 3.35. The third-order valence-electron chi connectivity index (χ3n) is 1.90. The van der Waals surface area contributed by atoms with Crippen LogP contribution >= 0.6 is 15.9 Å². The first-order valence-electron chi connectivity index (χ1n) is 4.33. The van der Waals surface area contributed by atoms with Gasteiger partial charge in [-0.1, -0.05) is 12.1 Å². The third-order valence-corrected chi connectivity index (χ3v) is 2.57. The summed E-state index contributed by atoms with van der Waals surface area (Å²) in [5.74, 6) is 0. The molecule has 0 fully saturated rings. The van der Waals surface area contributed by atoms with Gasteiger partial charge in [-0.05, 0) is 28.1 Å². The zero-order valence-corrected chi connectivity index (χ0v) is 9.55. The van der Waals surface area contributed by atoms with Crippen LogP contribution in [0.15, 0.2) is 39.9 Å². The Morgan fingerprint density at radius 3 is 2.81 bits per heavy atom. The van der Waals surface area contributed by atoms with Crippen molar-refractivity contribution in [3.63, 3.8) is 0 Å². The van der Waals surface area contributed by atoms with E-state index in [4.69, 9.17) is 5.26 Å². The van der Waals surface area contributed by atoms with Gasteiger partial charge < -0.3 is 0 Å². The molecule has 5 nitrogen and oxygen atoms in total. The van der Waals surface area contributed by atoms with Crippen LogP contribution < -0.4 is 5.56 Å².